The molecule has 0 unspecified atom stereocenters. The van der Waals surface area contributed by atoms with Gasteiger partial charge in [-0.2, -0.15) is 18.4 Å². The number of halogens is 4. The molecule has 55 heavy (non-hydrogen) atoms. The molecule has 0 radical (unpaired) electrons. The lowest BCUT2D eigenvalue weighted by molar-refractivity contribution is -0.138. The van der Waals surface area contributed by atoms with Gasteiger partial charge in [0.15, 0.2) is 5.58 Å². The van der Waals surface area contributed by atoms with Gasteiger partial charge in [-0.1, -0.05) is 42.5 Å². The Kier molecular flexibility index (Phi) is 10.8. The Hall–Kier alpha value is -5.55. The van der Waals surface area contributed by atoms with Crippen molar-refractivity contribution in [2.45, 2.75) is 51.2 Å². The van der Waals surface area contributed by atoms with Crippen LogP contribution in [-0.4, -0.2) is 71.9 Å². The molecular formula is C42H38F4N4O5. The van der Waals surface area contributed by atoms with Gasteiger partial charge in [-0.3, -0.25) is 14.6 Å². The van der Waals surface area contributed by atoms with Gasteiger partial charge in [-0.05, 0) is 77.9 Å². The maximum atomic E-state index is 16.5. The molecule has 0 spiro atoms. The number of rotatable bonds is 11. The summed E-state index contributed by atoms with van der Waals surface area (Å²) in [4.78, 5) is 19.3. The van der Waals surface area contributed by atoms with Crippen molar-refractivity contribution >= 4 is 29.7 Å². The van der Waals surface area contributed by atoms with Crippen molar-refractivity contribution in [2.24, 2.45) is 0 Å². The summed E-state index contributed by atoms with van der Waals surface area (Å²) in [6, 6.07) is 18.1. The van der Waals surface area contributed by atoms with Crippen LogP contribution in [-0.2, 0) is 28.8 Å². The van der Waals surface area contributed by atoms with Crippen LogP contribution >= 0.6 is 0 Å². The summed E-state index contributed by atoms with van der Waals surface area (Å²) in [6.45, 7) is 5.18. The smallest absolute Gasteiger partial charge is 0.417 e. The number of carbonyl (C=O) groups excluding carboxylic acids is 1. The Morgan fingerprint density at radius 1 is 0.982 bits per heavy atom. The predicted molar refractivity (Wildman–Crippen MR) is 198 cm³/mol. The van der Waals surface area contributed by atoms with Crippen molar-refractivity contribution in [1.82, 2.24) is 14.8 Å². The average Bonchev–Trinajstić information content (AvgIpc) is 3.91. The number of nitrogens with zero attached hydrogens (tertiary/aromatic N) is 4. The predicted octanol–water partition coefficient (Wildman–Crippen LogP) is 7.99. The van der Waals surface area contributed by atoms with E-state index in [4.69, 9.17) is 13.9 Å². The molecule has 7 rings (SSSR count). The second-order valence-corrected chi connectivity index (χ2v) is 13.9. The normalized spacial score (nSPS) is 18.0. The first-order chi connectivity index (χ1) is 26.4. The number of alkyl halides is 3. The molecule has 1 aromatic heterocycles. The second-order valence-electron chi connectivity index (χ2n) is 13.9. The standard InChI is InChI=1S/C42H38F4N4O5/c1-25-27(9-10-28-18-38(53-2)30(17-36(28)42(44,45)46)21-50-13-11-31(52)22-50)5-3-6-33(25)34-7-4-8-35(39(34)43)41-48-37-16-26(15-29(19-47)40(37)55-41)20-49-14-12-32(23-49)54-24-51/h3-10,15-18,24,31-32,52H,11-14,20-23H2,1-2H3/b10-9+/t31-,32-/m1/s1. The van der Waals surface area contributed by atoms with Gasteiger partial charge in [0.25, 0.3) is 6.47 Å². The largest absolute Gasteiger partial charge is 0.496 e. The lowest BCUT2D eigenvalue weighted by Crippen LogP contribution is -2.22. The van der Waals surface area contributed by atoms with Crippen LogP contribution in [0.5, 0.6) is 5.75 Å². The summed E-state index contributed by atoms with van der Waals surface area (Å²) in [6.07, 6.45) is -1.11. The molecule has 2 saturated heterocycles. The third kappa shape index (κ3) is 7.98. The van der Waals surface area contributed by atoms with Crippen LogP contribution < -0.4 is 4.74 Å². The van der Waals surface area contributed by atoms with E-state index < -0.39 is 23.7 Å². The van der Waals surface area contributed by atoms with E-state index in [-0.39, 0.29) is 46.4 Å². The number of benzene rings is 4. The van der Waals surface area contributed by atoms with Crippen LogP contribution in [0.4, 0.5) is 17.6 Å². The van der Waals surface area contributed by atoms with Crippen molar-refractivity contribution < 1.29 is 41.4 Å². The molecule has 0 amide bonds. The van der Waals surface area contributed by atoms with Crippen LogP contribution in [0.25, 0.3) is 45.8 Å². The highest BCUT2D eigenvalue weighted by molar-refractivity contribution is 5.84. The molecule has 4 aromatic carbocycles. The number of hydrogen-bond acceptors (Lipinski definition) is 9. The van der Waals surface area contributed by atoms with Gasteiger partial charge in [0.1, 0.15) is 29.3 Å². The Balaban J connectivity index is 1.18. The van der Waals surface area contributed by atoms with E-state index >= 15 is 4.39 Å². The molecule has 2 aliphatic rings. The number of aromatic nitrogens is 1. The highest BCUT2D eigenvalue weighted by atomic mass is 19.4. The van der Waals surface area contributed by atoms with Crippen molar-refractivity contribution in [3.63, 3.8) is 0 Å². The Morgan fingerprint density at radius 3 is 2.44 bits per heavy atom. The van der Waals surface area contributed by atoms with Gasteiger partial charge in [0.05, 0.1) is 29.9 Å². The minimum absolute atomic E-state index is 0.00435. The molecular weight excluding hydrogens is 716 g/mol. The number of ether oxygens (including phenoxy) is 2. The van der Waals surface area contributed by atoms with Crippen molar-refractivity contribution in [3.05, 3.63) is 105 Å². The van der Waals surface area contributed by atoms with E-state index in [1.807, 2.05) is 4.90 Å². The number of oxazole rings is 1. The summed E-state index contributed by atoms with van der Waals surface area (Å²) >= 11 is 0. The number of aliphatic hydroxyl groups excluding tert-OH is 1. The maximum Gasteiger partial charge on any atom is 0.417 e. The maximum absolute atomic E-state index is 16.5. The molecule has 13 heteroatoms. The fraction of sp³-hybridized carbons (Fsp3) is 0.310. The first-order valence-electron chi connectivity index (χ1n) is 17.9. The molecule has 2 atom stereocenters. The molecule has 9 nitrogen and oxygen atoms in total. The zero-order chi connectivity index (χ0) is 38.9. The summed E-state index contributed by atoms with van der Waals surface area (Å²) in [5.74, 6) is -0.308. The topological polar surface area (TPSA) is 112 Å². The fourth-order valence-corrected chi connectivity index (χ4v) is 7.51. The zero-order valence-corrected chi connectivity index (χ0v) is 30.2. The third-order valence-electron chi connectivity index (χ3n) is 10.3. The number of methoxy groups -OCH3 is 1. The van der Waals surface area contributed by atoms with Crippen LogP contribution in [0, 0.1) is 24.1 Å². The van der Waals surface area contributed by atoms with Crippen LogP contribution in [0.3, 0.4) is 0 Å². The SMILES string of the molecule is COc1cc(/C=C/c2cccc(-c3cccc(-c4nc5cc(CN6CC[C@@H](OC=O)C6)cc(C#N)c5o4)c3F)c2C)c(C(F)(F)F)cc1CN1CC[C@@H](O)C1. The van der Waals surface area contributed by atoms with Crippen LogP contribution in [0.1, 0.15) is 51.8 Å². The van der Waals surface area contributed by atoms with E-state index in [1.165, 1.54) is 25.3 Å². The summed E-state index contributed by atoms with van der Waals surface area (Å²) < 4.78 is 76.2. The number of β-amino-alcohol motifs (C(OH)–C–C–N with tert-alkyl or cyclic N) is 1. The van der Waals surface area contributed by atoms with Crippen LogP contribution in [0.15, 0.2) is 65.1 Å². The highest BCUT2D eigenvalue weighted by Gasteiger charge is 2.34. The number of hydrogen-bond donors (Lipinski definition) is 1. The molecule has 0 bridgehead atoms. The number of carbonyl (C=O) groups is 1. The van der Waals surface area contributed by atoms with Crippen molar-refractivity contribution in [3.8, 4) is 34.4 Å². The number of likely N-dealkylation sites (tertiary alicyclic amines) is 2. The second kappa shape index (κ2) is 15.7. The highest BCUT2D eigenvalue weighted by Crippen LogP contribution is 2.39. The summed E-state index contributed by atoms with van der Waals surface area (Å²) in [5, 5.41) is 19.8. The minimum Gasteiger partial charge on any atom is -0.496 e. The van der Waals surface area contributed by atoms with Gasteiger partial charge in [0, 0.05) is 50.4 Å². The molecule has 3 heterocycles. The van der Waals surface area contributed by atoms with Gasteiger partial charge >= 0.3 is 6.18 Å². The van der Waals surface area contributed by atoms with Crippen LogP contribution in [0.2, 0.25) is 0 Å². The van der Waals surface area contributed by atoms with Crippen molar-refractivity contribution in [2.75, 3.05) is 33.3 Å². The molecule has 1 N–H and O–H groups in total. The molecule has 0 aliphatic carbocycles. The third-order valence-corrected chi connectivity index (χ3v) is 10.3. The van der Waals surface area contributed by atoms with Gasteiger partial charge in [-0.25, -0.2) is 9.37 Å². The Morgan fingerprint density at radius 2 is 1.71 bits per heavy atom. The fourth-order valence-electron chi connectivity index (χ4n) is 7.51. The van der Waals surface area contributed by atoms with E-state index in [1.54, 1.807) is 55.5 Å². The lowest BCUT2D eigenvalue weighted by Gasteiger charge is -2.20. The quantitative estimate of drug-likeness (QED) is 0.0815. The number of nitriles is 1. The van der Waals surface area contributed by atoms with E-state index in [0.29, 0.717) is 79.0 Å². The molecule has 0 saturated carbocycles. The molecule has 2 aliphatic heterocycles. The Bertz CT molecular complexity index is 2310. The first-order valence-corrected chi connectivity index (χ1v) is 17.9. The van der Waals surface area contributed by atoms with Gasteiger partial charge in [0.2, 0.25) is 5.89 Å². The van der Waals surface area contributed by atoms with Gasteiger partial charge < -0.3 is 19.0 Å². The summed E-state index contributed by atoms with van der Waals surface area (Å²) in [7, 11) is 1.41. The van der Waals surface area contributed by atoms with Gasteiger partial charge in [-0.15, -0.1) is 0 Å². The average molecular weight is 755 g/mol. The monoisotopic (exact) mass is 754 g/mol. The molecule has 5 aromatic rings. The molecule has 284 valence electrons. The van der Waals surface area contributed by atoms with E-state index in [2.05, 4.69) is 16.0 Å². The van der Waals surface area contributed by atoms with E-state index in [9.17, 15) is 28.3 Å². The zero-order valence-electron chi connectivity index (χ0n) is 30.2. The van der Waals surface area contributed by atoms with Crippen molar-refractivity contribution in [1.29, 1.82) is 5.26 Å². The number of aliphatic hydroxyl groups is 1. The summed E-state index contributed by atoms with van der Waals surface area (Å²) in [5.41, 5.74) is 3.24. The minimum atomic E-state index is -4.64. The number of fused-ring (bicyclic) bond motifs is 1. The first kappa shape index (κ1) is 37.8. The Labute approximate surface area is 315 Å². The molecule has 2 fully saturated rings. The van der Waals surface area contributed by atoms with E-state index in [0.717, 1.165) is 18.2 Å². The lowest BCUT2D eigenvalue weighted by atomic mass is 9.94.